The molecule has 0 aliphatic carbocycles. The number of carbonyl (C=O) groups is 1. The third-order valence-electron chi connectivity index (χ3n) is 3.31. The van der Waals surface area contributed by atoms with Crippen molar-refractivity contribution in [3.8, 4) is 5.75 Å². The minimum Gasteiger partial charge on any atom is -0.490 e. The lowest BCUT2D eigenvalue weighted by atomic mass is 10.1. The molecular weight excluding hydrogens is 264 g/mol. The molecule has 1 saturated heterocycles. The normalized spacial score (nSPS) is 18.1. The van der Waals surface area contributed by atoms with Gasteiger partial charge in [-0.2, -0.15) is 0 Å². The van der Waals surface area contributed by atoms with Gasteiger partial charge in [-0.3, -0.25) is 19.8 Å². The van der Waals surface area contributed by atoms with Crippen LogP contribution in [0.1, 0.15) is 12.0 Å². The molecule has 1 heterocycles. The van der Waals surface area contributed by atoms with Crippen LogP contribution in [0, 0.1) is 10.1 Å². The Morgan fingerprint density at radius 1 is 1.55 bits per heavy atom. The molecule has 0 aromatic heterocycles. The first kappa shape index (κ1) is 14.3. The molecule has 1 aromatic rings. The van der Waals surface area contributed by atoms with E-state index in [9.17, 15) is 14.9 Å². The van der Waals surface area contributed by atoms with E-state index in [4.69, 9.17) is 9.47 Å². The number of nitrogens with zero attached hydrogens (tertiary/aromatic N) is 2. The zero-order chi connectivity index (χ0) is 14.7. The summed E-state index contributed by atoms with van der Waals surface area (Å²) in [5.74, 6) is -0.0165. The fourth-order valence-corrected chi connectivity index (χ4v) is 2.26. The van der Waals surface area contributed by atoms with E-state index in [1.807, 2.05) is 4.90 Å². The highest BCUT2D eigenvalue weighted by Crippen LogP contribution is 2.28. The number of likely N-dealkylation sites (N-methyl/N-ethyl adjacent to an activating group) is 1. The molecule has 1 aliphatic heterocycles. The Bertz CT molecular complexity index is 531. The predicted octanol–water partition coefficient (Wildman–Crippen LogP) is 1.35. The zero-order valence-electron chi connectivity index (χ0n) is 11.4. The maximum atomic E-state index is 11.5. The number of hydrogen-bond acceptors (Lipinski definition) is 6. The van der Waals surface area contributed by atoms with Crippen LogP contribution < -0.4 is 4.74 Å². The van der Waals surface area contributed by atoms with Crippen LogP contribution in [0.25, 0.3) is 0 Å². The highest BCUT2D eigenvalue weighted by atomic mass is 16.6. The Morgan fingerprint density at radius 3 is 2.85 bits per heavy atom. The summed E-state index contributed by atoms with van der Waals surface area (Å²) in [5, 5.41) is 11.0. The summed E-state index contributed by atoms with van der Waals surface area (Å²) in [5.41, 5.74) is 0.673. The van der Waals surface area contributed by atoms with Crippen LogP contribution in [0.15, 0.2) is 18.2 Å². The van der Waals surface area contributed by atoms with Gasteiger partial charge in [-0.05, 0) is 18.7 Å². The fourth-order valence-electron chi connectivity index (χ4n) is 2.26. The van der Waals surface area contributed by atoms with E-state index in [0.717, 1.165) is 5.56 Å². The molecule has 0 bridgehead atoms. The van der Waals surface area contributed by atoms with Crippen molar-refractivity contribution in [1.82, 2.24) is 4.90 Å². The van der Waals surface area contributed by atoms with Gasteiger partial charge in [-0.25, -0.2) is 0 Å². The maximum Gasteiger partial charge on any atom is 0.323 e. The summed E-state index contributed by atoms with van der Waals surface area (Å²) in [7, 11) is 3.19. The summed E-state index contributed by atoms with van der Waals surface area (Å²) < 4.78 is 9.87. The zero-order valence-corrected chi connectivity index (χ0v) is 11.4. The van der Waals surface area contributed by atoms with E-state index >= 15 is 0 Å². The van der Waals surface area contributed by atoms with E-state index in [1.54, 1.807) is 19.2 Å². The molecule has 0 amide bonds. The Kier molecular flexibility index (Phi) is 4.19. The lowest BCUT2D eigenvalue weighted by molar-refractivity contribution is -0.385. The summed E-state index contributed by atoms with van der Waals surface area (Å²) in [6, 6.07) is 4.50. The smallest absolute Gasteiger partial charge is 0.323 e. The van der Waals surface area contributed by atoms with Crippen molar-refractivity contribution in [2.75, 3.05) is 20.8 Å². The molecule has 1 atom stereocenters. The van der Waals surface area contributed by atoms with E-state index in [2.05, 4.69) is 0 Å². The van der Waals surface area contributed by atoms with Gasteiger partial charge in [0, 0.05) is 19.0 Å². The molecule has 1 aliphatic rings. The molecule has 108 valence electrons. The van der Waals surface area contributed by atoms with Crippen LogP contribution >= 0.6 is 0 Å². The van der Waals surface area contributed by atoms with Crippen LogP contribution in [0.5, 0.6) is 5.75 Å². The number of cyclic esters (lactones) is 1. The van der Waals surface area contributed by atoms with Crippen LogP contribution in [0.4, 0.5) is 5.69 Å². The Hall–Kier alpha value is -2.15. The van der Waals surface area contributed by atoms with Gasteiger partial charge in [0.2, 0.25) is 0 Å². The van der Waals surface area contributed by atoms with E-state index in [1.165, 1.54) is 13.2 Å². The van der Waals surface area contributed by atoms with E-state index in [-0.39, 0.29) is 23.4 Å². The SMILES string of the molecule is COc1ccc(CN(C)[C@@H]2CCOC2=O)cc1[N+](=O)[O-]. The van der Waals surface area contributed by atoms with Gasteiger partial charge in [-0.1, -0.05) is 6.07 Å². The highest BCUT2D eigenvalue weighted by molar-refractivity contribution is 5.77. The second kappa shape index (κ2) is 5.87. The number of ether oxygens (including phenoxy) is 2. The summed E-state index contributed by atoms with van der Waals surface area (Å²) in [6.07, 6.45) is 0.646. The number of methoxy groups -OCH3 is 1. The van der Waals surface area contributed by atoms with Crippen LogP contribution in [0.3, 0.4) is 0 Å². The largest absolute Gasteiger partial charge is 0.490 e. The molecule has 1 aromatic carbocycles. The van der Waals surface area contributed by atoms with Gasteiger partial charge in [0.05, 0.1) is 18.6 Å². The number of hydrogen-bond donors (Lipinski definition) is 0. The van der Waals surface area contributed by atoms with Crippen LogP contribution in [0.2, 0.25) is 0 Å². The minimum atomic E-state index is -0.480. The third kappa shape index (κ3) is 2.88. The van der Waals surface area contributed by atoms with Crippen LogP contribution in [-0.4, -0.2) is 42.6 Å². The standard InChI is InChI=1S/C13H16N2O5/c1-14(10-5-6-20-13(10)16)8-9-3-4-12(19-2)11(7-9)15(17)18/h3-4,7,10H,5-6,8H2,1-2H3/t10-/m1/s1. The van der Waals surface area contributed by atoms with Gasteiger partial charge in [-0.15, -0.1) is 0 Å². The molecule has 0 spiro atoms. The average Bonchev–Trinajstić information content (AvgIpc) is 2.85. The Labute approximate surface area is 116 Å². The van der Waals surface area contributed by atoms with Crippen molar-refractivity contribution < 1.29 is 19.2 Å². The molecule has 1 fully saturated rings. The van der Waals surface area contributed by atoms with Crippen LogP contribution in [-0.2, 0) is 16.1 Å². The van der Waals surface area contributed by atoms with Crippen molar-refractivity contribution in [3.05, 3.63) is 33.9 Å². The van der Waals surface area contributed by atoms with Gasteiger partial charge < -0.3 is 9.47 Å². The fraction of sp³-hybridized carbons (Fsp3) is 0.462. The number of rotatable bonds is 5. The molecule has 0 radical (unpaired) electrons. The molecular formula is C13H16N2O5. The average molecular weight is 280 g/mol. The van der Waals surface area contributed by atoms with Crippen molar-refractivity contribution in [2.24, 2.45) is 0 Å². The number of nitro groups is 1. The molecule has 0 unspecified atom stereocenters. The minimum absolute atomic E-state index is 0.0765. The lowest BCUT2D eigenvalue weighted by Gasteiger charge is -2.20. The second-order valence-electron chi connectivity index (χ2n) is 4.65. The summed E-state index contributed by atoms with van der Waals surface area (Å²) >= 11 is 0. The van der Waals surface area contributed by atoms with Gasteiger partial charge >= 0.3 is 11.7 Å². The van der Waals surface area contributed by atoms with Crippen molar-refractivity contribution in [3.63, 3.8) is 0 Å². The van der Waals surface area contributed by atoms with Crippen molar-refractivity contribution in [1.29, 1.82) is 0 Å². The first-order chi connectivity index (χ1) is 9.52. The molecule has 0 saturated carbocycles. The molecule has 7 nitrogen and oxygen atoms in total. The quantitative estimate of drug-likeness (QED) is 0.460. The summed E-state index contributed by atoms with van der Waals surface area (Å²) in [6.45, 7) is 0.862. The monoisotopic (exact) mass is 280 g/mol. The number of carbonyl (C=O) groups excluding carboxylic acids is 1. The molecule has 7 heteroatoms. The number of nitro benzene ring substituents is 1. The van der Waals surface area contributed by atoms with Crippen molar-refractivity contribution >= 4 is 11.7 Å². The third-order valence-corrected chi connectivity index (χ3v) is 3.31. The topological polar surface area (TPSA) is 81.9 Å². The maximum absolute atomic E-state index is 11.5. The molecule has 0 N–H and O–H groups in total. The highest BCUT2D eigenvalue weighted by Gasteiger charge is 2.30. The molecule has 20 heavy (non-hydrogen) atoms. The molecule has 2 rings (SSSR count). The second-order valence-corrected chi connectivity index (χ2v) is 4.65. The first-order valence-electron chi connectivity index (χ1n) is 6.21. The lowest BCUT2D eigenvalue weighted by Crippen LogP contribution is -2.34. The Balaban J connectivity index is 2.15. The van der Waals surface area contributed by atoms with Gasteiger partial charge in [0.15, 0.2) is 5.75 Å². The number of esters is 1. The van der Waals surface area contributed by atoms with Gasteiger partial charge in [0.1, 0.15) is 6.04 Å². The Morgan fingerprint density at radius 2 is 2.30 bits per heavy atom. The predicted molar refractivity (Wildman–Crippen MR) is 70.5 cm³/mol. The first-order valence-corrected chi connectivity index (χ1v) is 6.21. The van der Waals surface area contributed by atoms with E-state index in [0.29, 0.717) is 19.6 Å². The summed E-state index contributed by atoms with van der Waals surface area (Å²) in [4.78, 5) is 23.8. The van der Waals surface area contributed by atoms with Crippen molar-refractivity contribution in [2.45, 2.75) is 19.0 Å². The number of benzene rings is 1. The van der Waals surface area contributed by atoms with E-state index < -0.39 is 4.92 Å². The van der Waals surface area contributed by atoms with Gasteiger partial charge in [0.25, 0.3) is 0 Å².